The van der Waals surface area contributed by atoms with Gasteiger partial charge >= 0.3 is 0 Å². The summed E-state index contributed by atoms with van der Waals surface area (Å²) < 4.78 is 0. The Hall–Kier alpha value is -4.27. The highest BCUT2D eigenvalue weighted by molar-refractivity contribution is 6.22. The third-order valence-electron chi connectivity index (χ3n) is 3.77. The average molecular weight is 378 g/mol. The molecular formula is C19H12N3O6-. The van der Waals surface area contributed by atoms with Crippen molar-refractivity contribution in [3.63, 3.8) is 0 Å². The zero-order valence-corrected chi connectivity index (χ0v) is 14.2. The summed E-state index contributed by atoms with van der Waals surface area (Å²) in [6.45, 7) is 0. The quantitative estimate of drug-likeness (QED) is 0.550. The topological polar surface area (TPSA) is 136 Å². The summed E-state index contributed by atoms with van der Waals surface area (Å²) >= 11 is 0. The molecule has 1 aliphatic heterocycles. The highest BCUT2D eigenvalue weighted by atomic mass is 16.4. The van der Waals surface area contributed by atoms with Gasteiger partial charge in [0, 0.05) is 17.3 Å². The molecule has 0 saturated heterocycles. The number of imide groups is 1. The van der Waals surface area contributed by atoms with E-state index in [1.165, 1.54) is 36.4 Å². The molecule has 3 rings (SSSR count). The number of nitrogens with one attached hydrogen (secondary N) is 2. The van der Waals surface area contributed by atoms with Crippen molar-refractivity contribution in [2.24, 2.45) is 0 Å². The van der Waals surface area contributed by atoms with Crippen LogP contribution in [0.25, 0.3) is 0 Å². The molecule has 0 aromatic heterocycles. The van der Waals surface area contributed by atoms with E-state index in [-0.39, 0.29) is 22.4 Å². The number of carbonyl (C=O) groups is 5. The molecule has 2 aromatic rings. The van der Waals surface area contributed by atoms with Crippen LogP contribution in [0.4, 0.5) is 5.69 Å². The van der Waals surface area contributed by atoms with Crippen LogP contribution in [0.2, 0.25) is 0 Å². The molecule has 0 unspecified atom stereocenters. The Bertz CT molecular complexity index is 1010. The molecule has 0 saturated carbocycles. The fourth-order valence-electron chi connectivity index (χ4n) is 2.52. The zero-order chi connectivity index (χ0) is 20.3. The first kappa shape index (κ1) is 18.5. The van der Waals surface area contributed by atoms with E-state index in [0.29, 0.717) is 11.1 Å². The molecule has 0 spiro atoms. The molecule has 0 atom stereocenters. The number of fused-ring (bicyclic) bond motifs is 1. The van der Waals surface area contributed by atoms with Gasteiger partial charge in [0.1, 0.15) is 0 Å². The van der Waals surface area contributed by atoms with Gasteiger partial charge in [0.2, 0.25) is 5.91 Å². The first-order valence-electron chi connectivity index (χ1n) is 7.95. The van der Waals surface area contributed by atoms with Crippen LogP contribution in [0.3, 0.4) is 0 Å². The van der Waals surface area contributed by atoms with Crippen LogP contribution in [0.1, 0.15) is 31.1 Å². The number of carbonyl (C=O) groups excluding carboxylic acids is 5. The summed E-state index contributed by atoms with van der Waals surface area (Å²) in [6, 6.07) is 11.8. The molecule has 2 N–H and O–H groups in total. The van der Waals surface area contributed by atoms with Gasteiger partial charge in [-0.2, -0.15) is 5.01 Å². The third kappa shape index (κ3) is 3.78. The average Bonchev–Trinajstić information content (AvgIpc) is 2.92. The molecule has 0 aliphatic carbocycles. The largest absolute Gasteiger partial charge is 0.545 e. The fourth-order valence-corrected chi connectivity index (χ4v) is 2.52. The first-order chi connectivity index (χ1) is 13.4. The Morgan fingerprint density at radius 1 is 0.893 bits per heavy atom. The number of benzene rings is 2. The number of aliphatic carboxylic acids is 1. The lowest BCUT2D eigenvalue weighted by atomic mass is 10.1. The number of carboxylic acids is 1. The van der Waals surface area contributed by atoms with Crippen molar-refractivity contribution in [3.05, 3.63) is 77.4 Å². The van der Waals surface area contributed by atoms with Crippen LogP contribution >= 0.6 is 0 Å². The van der Waals surface area contributed by atoms with Crippen LogP contribution < -0.4 is 15.8 Å². The lowest BCUT2D eigenvalue weighted by molar-refractivity contribution is -0.297. The van der Waals surface area contributed by atoms with E-state index >= 15 is 0 Å². The van der Waals surface area contributed by atoms with Gasteiger partial charge in [-0.05, 0) is 36.4 Å². The Morgan fingerprint density at radius 2 is 1.54 bits per heavy atom. The van der Waals surface area contributed by atoms with Crippen LogP contribution in [-0.4, -0.2) is 34.6 Å². The van der Waals surface area contributed by atoms with Crippen molar-refractivity contribution in [1.82, 2.24) is 10.4 Å². The minimum absolute atomic E-state index is 0.0678. The number of nitrogens with zero attached hydrogens (tertiary/aromatic N) is 1. The maximum Gasteiger partial charge on any atom is 0.280 e. The van der Waals surface area contributed by atoms with Crippen LogP contribution in [0, 0.1) is 0 Å². The predicted octanol–water partition coefficient (Wildman–Crippen LogP) is -0.128. The molecular weight excluding hydrogens is 366 g/mol. The summed E-state index contributed by atoms with van der Waals surface area (Å²) in [5.74, 6) is -4.29. The normalized spacial score (nSPS) is 12.8. The van der Waals surface area contributed by atoms with Gasteiger partial charge in [-0.15, -0.1) is 0 Å². The highest BCUT2D eigenvalue weighted by Crippen LogP contribution is 2.21. The van der Waals surface area contributed by atoms with E-state index in [0.717, 1.165) is 6.08 Å². The van der Waals surface area contributed by atoms with Crippen molar-refractivity contribution in [1.29, 1.82) is 0 Å². The number of hydrazine groups is 1. The molecule has 9 heteroatoms. The molecule has 9 nitrogen and oxygen atoms in total. The molecule has 4 amide bonds. The molecule has 1 heterocycles. The van der Waals surface area contributed by atoms with E-state index in [1.807, 2.05) is 0 Å². The summed E-state index contributed by atoms with van der Waals surface area (Å²) in [5.41, 5.74) is 2.90. The van der Waals surface area contributed by atoms with Gasteiger partial charge in [0.25, 0.3) is 17.7 Å². The van der Waals surface area contributed by atoms with Crippen LogP contribution in [0.5, 0.6) is 0 Å². The smallest absolute Gasteiger partial charge is 0.280 e. The number of anilines is 1. The lowest BCUT2D eigenvalue weighted by Crippen LogP contribution is -2.45. The number of amides is 4. The molecule has 1 aliphatic rings. The van der Waals surface area contributed by atoms with Gasteiger partial charge in [-0.1, -0.05) is 18.2 Å². The molecule has 0 bridgehead atoms. The lowest BCUT2D eigenvalue weighted by Gasteiger charge is -2.15. The zero-order valence-electron chi connectivity index (χ0n) is 14.2. The maximum atomic E-state index is 12.4. The van der Waals surface area contributed by atoms with Gasteiger partial charge in [-0.25, -0.2) is 0 Å². The maximum absolute atomic E-state index is 12.4. The molecule has 0 fully saturated rings. The Labute approximate surface area is 158 Å². The summed E-state index contributed by atoms with van der Waals surface area (Å²) in [5, 5.41) is 13.3. The van der Waals surface area contributed by atoms with Crippen molar-refractivity contribution >= 4 is 35.3 Å². The van der Waals surface area contributed by atoms with E-state index in [1.54, 1.807) is 12.1 Å². The Kier molecular flexibility index (Phi) is 4.99. The summed E-state index contributed by atoms with van der Waals surface area (Å²) in [4.78, 5) is 58.9. The fraction of sp³-hybridized carbons (Fsp3) is 0. The Morgan fingerprint density at radius 3 is 2.14 bits per heavy atom. The van der Waals surface area contributed by atoms with Crippen molar-refractivity contribution in [2.75, 3.05) is 5.32 Å². The molecule has 2 aromatic carbocycles. The first-order valence-corrected chi connectivity index (χ1v) is 7.95. The summed E-state index contributed by atoms with van der Waals surface area (Å²) in [6.07, 6.45) is 1.33. The second kappa shape index (κ2) is 7.54. The molecule has 0 radical (unpaired) electrons. The van der Waals surface area contributed by atoms with Crippen molar-refractivity contribution in [3.8, 4) is 0 Å². The van der Waals surface area contributed by atoms with Gasteiger partial charge in [-0.3, -0.25) is 24.6 Å². The Balaban J connectivity index is 1.72. The monoisotopic (exact) mass is 378 g/mol. The van der Waals surface area contributed by atoms with E-state index in [2.05, 4.69) is 10.7 Å². The standard InChI is InChI=1S/C19H13N3O6/c23-15(8-9-16(24)25)20-12-5-3-4-11(10-12)17(26)21-22-18(27)13-6-1-2-7-14(13)19(22)28/h1-10H,(H,20,23)(H,21,26)(H,24,25)/p-1/b9-8-. The predicted molar refractivity (Wildman–Crippen MR) is 93.6 cm³/mol. The number of rotatable bonds is 5. The SMILES string of the molecule is O=C([O-])/C=C\C(=O)Nc1cccc(C(=O)NN2C(=O)c3ccccc3C2=O)c1. The molecule has 140 valence electrons. The minimum Gasteiger partial charge on any atom is -0.545 e. The minimum atomic E-state index is -1.52. The second-order valence-electron chi connectivity index (χ2n) is 5.65. The number of hydrogen-bond acceptors (Lipinski definition) is 6. The van der Waals surface area contributed by atoms with Gasteiger partial charge < -0.3 is 15.2 Å². The third-order valence-corrected chi connectivity index (χ3v) is 3.77. The second-order valence-corrected chi connectivity index (χ2v) is 5.65. The van der Waals surface area contributed by atoms with E-state index in [4.69, 9.17) is 0 Å². The van der Waals surface area contributed by atoms with E-state index in [9.17, 15) is 29.1 Å². The van der Waals surface area contributed by atoms with Crippen LogP contribution in [-0.2, 0) is 9.59 Å². The van der Waals surface area contributed by atoms with Gasteiger partial charge in [0.15, 0.2) is 0 Å². The van der Waals surface area contributed by atoms with E-state index < -0.39 is 29.6 Å². The van der Waals surface area contributed by atoms with Crippen LogP contribution in [0.15, 0.2) is 60.7 Å². The van der Waals surface area contributed by atoms with Crippen molar-refractivity contribution < 1.29 is 29.1 Å². The summed E-state index contributed by atoms with van der Waals surface area (Å²) in [7, 11) is 0. The number of carboxylic acid groups (broad SMARTS) is 1. The molecule has 28 heavy (non-hydrogen) atoms. The number of hydrogen-bond donors (Lipinski definition) is 2. The highest BCUT2D eigenvalue weighted by Gasteiger charge is 2.36. The van der Waals surface area contributed by atoms with Crippen molar-refractivity contribution in [2.45, 2.75) is 0 Å². The van der Waals surface area contributed by atoms with Gasteiger partial charge in [0.05, 0.1) is 17.1 Å².